The summed E-state index contributed by atoms with van der Waals surface area (Å²) < 4.78 is 15.3. The minimum absolute atomic E-state index is 0.184. The molecule has 1 fully saturated rings. The number of likely N-dealkylation sites (tertiary alicyclic amines) is 1. The number of thiazole rings is 1. The largest absolute Gasteiger partial charge is 0.393 e. The van der Waals surface area contributed by atoms with Gasteiger partial charge in [-0.3, -0.25) is 9.78 Å². The number of pyridine rings is 2. The van der Waals surface area contributed by atoms with Gasteiger partial charge in [-0.1, -0.05) is 32.1 Å². The third-order valence-electron chi connectivity index (χ3n) is 8.89. The number of fused-ring (bicyclic) bond motifs is 2. The fraction of sp³-hybridized carbons (Fsp3) is 0.500. The molecule has 4 aromatic rings. The van der Waals surface area contributed by atoms with Crippen LogP contribution >= 0.6 is 11.3 Å². The number of carbonyl (C=O) groups excluding carboxylic acids is 1. The fourth-order valence-corrected chi connectivity index (χ4v) is 6.98. The Labute approximate surface area is 255 Å². The van der Waals surface area contributed by atoms with Gasteiger partial charge in [-0.05, 0) is 79.2 Å². The number of nitrogens with zero attached hydrogens (tertiary/aromatic N) is 6. The number of carbonyl (C=O) groups is 1. The second kappa shape index (κ2) is 12.3. The summed E-state index contributed by atoms with van der Waals surface area (Å²) in [7, 11) is 0. The van der Waals surface area contributed by atoms with E-state index in [9.17, 15) is 9.90 Å². The van der Waals surface area contributed by atoms with Crippen molar-refractivity contribution in [2.24, 2.45) is 11.3 Å². The molecule has 0 radical (unpaired) electrons. The van der Waals surface area contributed by atoms with Crippen LogP contribution in [0.3, 0.4) is 0 Å². The van der Waals surface area contributed by atoms with Crippen LogP contribution < -0.4 is 5.32 Å². The SMILES string of the molecule is CC(C)(C)C1CCc2nc3sc(C(=O)N[C@H](CCN4CCC(O)CC4)c4cnc(-c5ccnnc5)c(F)c4)nc3cc2C1. The molecule has 0 spiro atoms. The van der Waals surface area contributed by atoms with Crippen LogP contribution in [0.5, 0.6) is 0 Å². The molecule has 2 N–H and O–H groups in total. The maximum absolute atomic E-state index is 15.3. The Morgan fingerprint density at radius 1 is 1.16 bits per heavy atom. The molecule has 2 aliphatic rings. The Morgan fingerprint density at radius 2 is 1.98 bits per heavy atom. The topological polar surface area (TPSA) is 117 Å². The number of hydrogen-bond donors (Lipinski definition) is 2. The van der Waals surface area contributed by atoms with Crippen LogP contribution in [-0.4, -0.2) is 66.8 Å². The van der Waals surface area contributed by atoms with Gasteiger partial charge >= 0.3 is 0 Å². The van der Waals surface area contributed by atoms with Gasteiger partial charge in [0, 0.05) is 37.1 Å². The van der Waals surface area contributed by atoms with E-state index in [4.69, 9.17) is 4.98 Å². The van der Waals surface area contributed by atoms with Gasteiger partial charge in [-0.25, -0.2) is 14.4 Å². The van der Waals surface area contributed by atoms with Crippen LogP contribution in [0.1, 0.15) is 79.1 Å². The monoisotopic (exact) mass is 603 g/mol. The van der Waals surface area contributed by atoms with Gasteiger partial charge in [0.05, 0.1) is 24.5 Å². The minimum atomic E-state index is -0.492. The number of aliphatic hydroxyl groups is 1. The predicted molar refractivity (Wildman–Crippen MR) is 164 cm³/mol. The number of aromatic nitrogens is 5. The molecule has 4 aromatic heterocycles. The van der Waals surface area contributed by atoms with Crippen LogP contribution in [0.4, 0.5) is 4.39 Å². The van der Waals surface area contributed by atoms with Gasteiger partial charge in [0.15, 0.2) is 5.01 Å². The normalized spacial score (nSPS) is 18.9. The van der Waals surface area contributed by atoms with Crippen LogP contribution in [0.25, 0.3) is 21.6 Å². The molecule has 1 amide bonds. The molecule has 5 heterocycles. The average Bonchev–Trinajstić information content (AvgIpc) is 3.41. The van der Waals surface area contributed by atoms with Gasteiger partial charge < -0.3 is 15.3 Å². The third-order valence-corrected chi connectivity index (χ3v) is 9.85. The summed E-state index contributed by atoms with van der Waals surface area (Å²) in [4.78, 5) is 30.6. The molecular formula is C32H38FN7O2S. The number of aryl methyl sites for hydroxylation is 1. The van der Waals surface area contributed by atoms with E-state index < -0.39 is 11.9 Å². The van der Waals surface area contributed by atoms with Gasteiger partial charge in [-0.2, -0.15) is 10.2 Å². The van der Waals surface area contributed by atoms with Crippen molar-refractivity contribution in [3.63, 3.8) is 0 Å². The van der Waals surface area contributed by atoms with Crippen molar-refractivity contribution in [2.75, 3.05) is 19.6 Å². The van der Waals surface area contributed by atoms with Crippen LogP contribution in [-0.2, 0) is 12.8 Å². The number of rotatable bonds is 7. The molecule has 11 heteroatoms. The zero-order valence-corrected chi connectivity index (χ0v) is 25.7. The van der Waals surface area contributed by atoms with Gasteiger partial charge in [0.1, 0.15) is 21.9 Å². The molecule has 1 aliphatic carbocycles. The summed E-state index contributed by atoms with van der Waals surface area (Å²) in [6, 6.07) is 4.72. The van der Waals surface area contributed by atoms with Crippen molar-refractivity contribution in [1.82, 2.24) is 35.4 Å². The Morgan fingerprint density at radius 3 is 2.70 bits per heavy atom. The smallest absolute Gasteiger partial charge is 0.280 e. The van der Waals surface area contributed by atoms with Crippen molar-refractivity contribution in [3.8, 4) is 11.3 Å². The van der Waals surface area contributed by atoms with Crippen molar-refractivity contribution in [2.45, 2.75) is 71.4 Å². The molecule has 6 rings (SSSR count). The van der Waals surface area contributed by atoms with Crippen LogP contribution in [0, 0.1) is 17.2 Å². The molecule has 0 bridgehead atoms. The van der Waals surface area contributed by atoms with Crippen LogP contribution in [0.15, 0.2) is 36.8 Å². The lowest BCUT2D eigenvalue weighted by Crippen LogP contribution is -2.38. The maximum atomic E-state index is 15.3. The van der Waals surface area contributed by atoms with E-state index in [1.54, 1.807) is 12.3 Å². The standard InChI is InChI=1S/C32H38FN7O2S/c1-32(2,3)22-4-5-25-20(14-22)16-27-30(38-25)43-31(39-27)29(42)37-26(9-13-40-11-7-23(41)8-12-40)21-15-24(33)28(34-17-21)19-6-10-35-36-18-19/h6,10,15-18,22-23,26,41H,4-5,7-9,11-14H2,1-3H3,(H,37,42)/t22?,26-/m1/s1. The zero-order chi connectivity index (χ0) is 30.1. The molecule has 0 saturated carbocycles. The summed E-state index contributed by atoms with van der Waals surface area (Å²) in [6.07, 6.45) is 9.34. The summed E-state index contributed by atoms with van der Waals surface area (Å²) in [5.74, 6) is -0.218. The van der Waals surface area contributed by atoms with E-state index in [1.807, 2.05) is 0 Å². The van der Waals surface area contributed by atoms with E-state index in [0.717, 1.165) is 61.2 Å². The van der Waals surface area contributed by atoms with E-state index in [-0.39, 0.29) is 23.1 Å². The first kappa shape index (κ1) is 29.7. The zero-order valence-electron chi connectivity index (χ0n) is 24.9. The highest BCUT2D eigenvalue weighted by molar-refractivity contribution is 7.19. The Hall–Kier alpha value is -3.41. The average molecular weight is 604 g/mol. The highest BCUT2D eigenvalue weighted by Gasteiger charge is 2.30. The molecule has 9 nitrogen and oxygen atoms in total. The molecule has 1 unspecified atom stereocenters. The van der Waals surface area contributed by atoms with Crippen molar-refractivity contribution < 1.29 is 14.3 Å². The minimum Gasteiger partial charge on any atom is -0.393 e. The Kier molecular flexibility index (Phi) is 8.48. The van der Waals surface area contributed by atoms with E-state index >= 15 is 4.39 Å². The van der Waals surface area contributed by atoms with E-state index in [0.29, 0.717) is 35.0 Å². The highest BCUT2D eigenvalue weighted by atomic mass is 32.1. The first-order chi connectivity index (χ1) is 20.6. The first-order valence-corrected chi connectivity index (χ1v) is 15.9. The molecule has 1 aliphatic heterocycles. The lowest BCUT2D eigenvalue weighted by Gasteiger charge is -2.34. The first-order valence-electron chi connectivity index (χ1n) is 15.1. The van der Waals surface area contributed by atoms with Gasteiger partial charge in [-0.15, -0.1) is 0 Å². The summed E-state index contributed by atoms with van der Waals surface area (Å²) in [5.41, 5.74) is 4.61. The Balaban J connectivity index is 1.23. The maximum Gasteiger partial charge on any atom is 0.280 e. The van der Waals surface area contributed by atoms with Crippen LogP contribution in [0.2, 0.25) is 0 Å². The second-order valence-corrected chi connectivity index (χ2v) is 13.8. The lowest BCUT2D eigenvalue weighted by atomic mass is 9.71. The quantitative estimate of drug-likeness (QED) is 0.298. The van der Waals surface area contributed by atoms with Gasteiger partial charge in [0.2, 0.25) is 0 Å². The summed E-state index contributed by atoms with van der Waals surface area (Å²) in [6.45, 7) is 9.13. The predicted octanol–water partition coefficient (Wildman–Crippen LogP) is 5.15. The second-order valence-electron chi connectivity index (χ2n) is 12.9. The molecular weight excluding hydrogens is 565 g/mol. The van der Waals surface area contributed by atoms with E-state index in [1.165, 1.54) is 35.4 Å². The molecule has 43 heavy (non-hydrogen) atoms. The molecule has 0 aromatic carbocycles. The fourth-order valence-electron chi connectivity index (χ4n) is 6.13. The summed E-state index contributed by atoms with van der Waals surface area (Å²) >= 11 is 1.30. The molecule has 2 atom stereocenters. The van der Waals surface area contributed by atoms with Gasteiger partial charge in [0.25, 0.3) is 5.91 Å². The highest BCUT2D eigenvalue weighted by Crippen LogP contribution is 2.38. The summed E-state index contributed by atoms with van der Waals surface area (Å²) in [5, 5.41) is 20.9. The van der Waals surface area contributed by atoms with E-state index in [2.05, 4.69) is 57.2 Å². The number of aliphatic hydroxyl groups excluding tert-OH is 1. The number of amides is 1. The number of hydrogen-bond acceptors (Lipinski definition) is 9. The third kappa shape index (κ3) is 6.73. The van der Waals surface area contributed by atoms with Crippen molar-refractivity contribution in [3.05, 3.63) is 64.4 Å². The molecule has 226 valence electrons. The number of halogens is 1. The van der Waals surface area contributed by atoms with Crippen molar-refractivity contribution >= 4 is 27.6 Å². The lowest BCUT2D eigenvalue weighted by molar-refractivity contribution is 0.0795. The molecule has 1 saturated heterocycles. The number of piperidine rings is 1. The number of nitrogens with one attached hydrogen (secondary N) is 1. The van der Waals surface area contributed by atoms with Crippen molar-refractivity contribution in [1.29, 1.82) is 0 Å². The Bertz CT molecular complexity index is 1600.